The second-order valence-electron chi connectivity index (χ2n) is 5.46. The molecule has 0 unspecified atom stereocenters. The van der Waals surface area contributed by atoms with Crippen molar-refractivity contribution in [3.05, 3.63) is 36.7 Å². The van der Waals surface area contributed by atoms with Crippen LogP contribution in [-0.2, 0) is 16.6 Å². The van der Waals surface area contributed by atoms with Gasteiger partial charge < -0.3 is 4.74 Å². The van der Waals surface area contributed by atoms with E-state index in [1.54, 1.807) is 24.5 Å². The Kier molecular flexibility index (Phi) is 5.73. The zero-order valence-electron chi connectivity index (χ0n) is 13.5. The monoisotopic (exact) mass is 338 g/mol. The Labute approximate surface area is 136 Å². The molecule has 0 aliphatic rings. The van der Waals surface area contributed by atoms with E-state index in [0.717, 1.165) is 0 Å². The highest BCUT2D eigenvalue weighted by atomic mass is 32.2. The van der Waals surface area contributed by atoms with Crippen LogP contribution in [0.1, 0.15) is 20.8 Å². The number of hydrogen-bond donors (Lipinski definition) is 1. The molecule has 7 nitrogen and oxygen atoms in total. The van der Waals surface area contributed by atoms with Gasteiger partial charge in [-0.1, -0.05) is 13.8 Å². The first-order valence-electron chi connectivity index (χ1n) is 7.51. The average Bonchev–Trinajstić information content (AvgIpc) is 3.00. The lowest BCUT2D eigenvalue weighted by Crippen LogP contribution is -2.41. The third-order valence-corrected chi connectivity index (χ3v) is 4.89. The van der Waals surface area contributed by atoms with Crippen molar-refractivity contribution < 1.29 is 13.2 Å². The van der Waals surface area contributed by atoms with Gasteiger partial charge in [0.2, 0.25) is 10.0 Å². The number of hydrogen-bond acceptors (Lipinski definition) is 5. The molecule has 0 radical (unpaired) electrons. The van der Waals surface area contributed by atoms with Crippen molar-refractivity contribution in [3.63, 3.8) is 0 Å². The molecule has 0 bridgehead atoms. The van der Waals surface area contributed by atoms with Gasteiger partial charge in [-0.2, -0.15) is 15.0 Å². The zero-order valence-corrected chi connectivity index (χ0v) is 14.3. The summed E-state index contributed by atoms with van der Waals surface area (Å²) in [7, 11) is -3.61. The van der Waals surface area contributed by atoms with Crippen molar-refractivity contribution in [3.8, 4) is 5.75 Å². The van der Waals surface area contributed by atoms with E-state index in [-0.39, 0.29) is 16.9 Å². The minimum atomic E-state index is -3.61. The van der Waals surface area contributed by atoms with Crippen LogP contribution in [0.5, 0.6) is 5.75 Å². The Balaban J connectivity index is 2.13. The van der Waals surface area contributed by atoms with Gasteiger partial charge in [0.15, 0.2) is 0 Å². The second kappa shape index (κ2) is 7.56. The van der Waals surface area contributed by atoms with Crippen molar-refractivity contribution in [2.24, 2.45) is 5.92 Å². The van der Waals surface area contributed by atoms with E-state index < -0.39 is 10.0 Å². The highest BCUT2D eigenvalue weighted by Gasteiger charge is 2.23. The van der Waals surface area contributed by atoms with Crippen molar-refractivity contribution in [1.82, 2.24) is 19.7 Å². The molecule has 0 saturated heterocycles. The van der Waals surface area contributed by atoms with Crippen molar-refractivity contribution in [2.45, 2.75) is 38.3 Å². The fraction of sp³-hybridized carbons (Fsp3) is 0.467. The molecular formula is C15H22N4O3S. The molecule has 0 aliphatic heterocycles. The minimum absolute atomic E-state index is 0.0958. The second-order valence-corrected chi connectivity index (χ2v) is 7.17. The molecule has 0 amide bonds. The van der Waals surface area contributed by atoms with Gasteiger partial charge in [-0.15, -0.1) is 0 Å². The lowest BCUT2D eigenvalue weighted by Gasteiger charge is -2.21. The number of sulfonamides is 1. The molecular weight excluding hydrogens is 316 g/mol. The number of benzene rings is 1. The Hall–Kier alpha value is -1.93. The summed E-state index contributed by atoms with van der Waals surface area (Å²) in [6.07, 6.45) is 3.14. The first kappa shape index (κ1) is 17.4. The molecule has 2 rings (SSSR count). The quantitative estimate of drug-likeness (QED) is 0.791. The van der Waals surface area contributed by atoms with E-state index in [4.69, 9.17) is 4.74 Å². The van der Waals surface area contributed by atoms with Gasteiger partial charge in [-0.25, -0.2) is 13.1 Å². The maximum atomic E-state index is 12.5. The Morgan fingerprint density at radius 2 is 1.78 bits per heavy atom. The van der Waals surface area contributed by atoms with Crippen LogP contribution >= 0.6 is 0 Å². The van der Waals surface area contributed by atoms with Gasteiger partial charge in [-0.3, -0.25) is 0 Å². The lowest BCUT2D eigenvalue weighted by molar-refractivity contribution is 0.340. The van der Waals surface area contributed by atoms with Gasteiger partial charge in [0.25, 0.3) is 0 Å². The minimum Gasteiger partial charge on any atom is -0.494 e. The molecule has 1 N–H and O–H groups in total. The van der Waals surface area contributed by atoms with E-state index in [2.05, 4.69) is 14.9 Å². The molecule has 126 valence electrons. The topological polar surface area (TPSA) is 86.1 Å². The number of nitrogens with zero attached hydrogens (tertiary/aromatic N) is 3. The van der Waals surface area contributed by atoms with Crippen LogP contribution in [0.3, 0.4) is 0 Å². The predicted molar refractivity (Wildman–Crippen MR) is 86.6 cm³/mol. The lowest BCUT2D eigenvalue weighted by atomic mass is 10.1. The fourth-order valence-corrected chi connectivity index (χ4v) is 3.42. The van der Waals surface area contributed by atoms with Crippen LogP contribution in [0, 0.1) is 5.92 Å². The van der Waals surface area contributed by atoms with Crippen molar-refractivity contribution >= 4 is 10.0 Å². The molecule has 0 aliphatic carbocycles. The Morgan fingerprint density at radius 3 is 2.30 bits per heavy atom. The maximum Gasteiger partial charge on any atom is 0.240 e. The first-order valence-corrected chi connectivity index (χ1v) is 9.00. The van der Waals surface area contributed by atoms with E-state index in [1.165, 1.54) is 16.9 Å². The molecule has 1 heterocycles. The van der Waals surface area contributed by atoms with Gasteiger partial charge in [0.1, 0.15) is 5.75 Å². The summed E-state index contributed by atoms with van der Waals surface area (Å²) in [5, 5.41) is 8.05. The summed E-state index contributed by atoms with van der Waals surface area (Å²) in [5.41, 5.74) is 0. The average molecular weight is 338 g/mol. The van der Waals surface area contributed by atoms with Crippen LogP contribution in [0.15, 0.2) is 41.6 Å². The third-order valence-electron chi connectivity index (χ3n) is 3.38. The van der Waals surface area contributed by atoms with E-state index in [0.29, 0.717) is 18.9 Å². The summed E-state index contributed by atoms with van der Waals surface area (Å²) in [6, 6.07) is 6.07. The largest absolute Gasteiger partial charge is 0.494 e. The van der Waals surface area contributed by atoms with Crippen LogP contribution in [0.25, 0.3) is 0 Å². The van der Waals surface area contributed by atoms with E-state index in [1.807, 2.05) is 20.8 Å². The number of nitrogens with one attached hydrogen (secondary N) is 1. The van der Waals surface area contributed by atoms with Crippen molar-refractivity contribution in [1.29, 1.82) is 0 Å². The number of rotatable bonds is 8. The van der Waals surface area contributed by atoms with Crippen LogP contribution in [-0.4, -0.2) is 36.1 Å². The van der Waals surface area contributed by atoms with Crippen LogP contribution < -0.4 is 9.46 Å². The van der Waals surface area contributed by atoms with Gasteiger partial charge in [0, 0.05) is 6.04 Å². The Bertz CT molecular complexity index is 697. The summed E-state index contributed by atoms with van der Waals surface area (Å²) >= 11 is 0. The number of aromatic nitrogens is 3. The fourth-order valence-electron chi connectivity index (χ4n) is 2.05. The summed E-state index contributed by atoms with van der Waals surface area (Å²) < 4.78 is 33.1. The molecule has 0 fully saturated rings. The highest BCUT2D eigenvalue weighted by molar-refractivity contribution is 7.89. The summed E-state index contributed by atoms with van der Waals surface area (Å²) in [5.74, 6) is 0.742. The molecule has 2 aromatic rings. The molecule has 0 spiro atoms. The molecule has 8 heteroatoms. The normalized spacial score (nSPS) is 13.2. The third kappa shape index (κ3) is 4.77. The smallest absolute Gasteiger partial charge is 0.240 e. The summed E-state index contributed by atoms with van der Waals surface area (Å²) in [6.45, 7) is 6.70. The molecule has 0 saturated carbocycles. The van der Waals surface area contributed by atoms with Gasteiger partial charge in [0.05, 0.1) is 30.4 Å². The maximum absolute atomic E-state index is 12.5. The first-order chi connectivity index (χ1) is 10.9. The van der Waals surface area contributed by atoms with E-state index in [9.17, 15) is 8.42 Å². The molecule has 1 aromatic carbocycles. The van der Waals surface area contributed by atoms with Crippen LogP contribution in [0.4, 0.5) is 0 Å². The standard InChI is InChI=1S/C15H22N4O3S/c1-4-22-13-5-7-14(8-6-13)23(20,21)18-15(12(2)3)11-19-16-9-10-17-19/h5-10,12,15,18H,4,11H2,1-3H3/t15-/m1/s1. The summed E-state index contributed by atoms with van der Waals surface area (Å²) in [4.78, 5) is 1.69. The molecule has 1 aromatic heterocycles. The van der Waals surface area contributed by atoms with Gasteiger partial charge in [-0.05, 0) is 37.1 Å². The zero-order chi connectivity index (χ0) is 16.9. The highest BCUT2D eigenvalue weighted by Crippen LogP contribution is 2.17. The van der Waals surface area contributed by atoms with E-state index >= 15 is 0 Å². The van der Waals surface area contributed by atoms with Gasteiger partial charge >= 0.3 is 0 Å². The predicted octanol–water partition coefficient (Wildman–Crippen LogP) is 1.68. The molecule has 1 atom stereocenters. The van der Waals surface area contributed by atoms with Crippen LogP contribution in [0.2, 0.25) is 0 Å². The Morgan fingerprint density at radius 1 is 1.17 bits per heavy atom. The number of ether oxygens (including phenoxy) is 1. The molecule has 23 heavy (non-hydrogen) atoms. The SMILES string of the molecule is CCOc1ccc(S(=O)(=O)N[C@H](Cn2nccn2)C(C)C)cc1. The van der Waals surface area contributed by atoms with Crippen molar-refractivity contribution in [2.75, 3.05) is 6.61 Å².